The summed E-state index contributed by atoms with van der Waals surface area (Å²) in [5.74, 6) is 0.527. The first-order valence-electron chi connectivity index (χ1n) is 9.05. The van der Waals surface area contributed by atoms with E-state index in [1.165, 1.54) is 5.56 Å². The molecular weight excluding hydrogens is 332 g/mol. The summed E-state index contributed by atoms with van der Waals surface area (Å²) in [5, 5.41) is 7.57. The quantitative estimate of drug-likeness (QED) is 0.823. The maximum Gasteiger partial charge on any atom is 0.225 e. The number of benzene rings is 2. The van der Waals surface area contributed by atoms with Crippen molar-refractivity contribution in [1.82, 2.24) is 5.32 Å². The van der Waals surface area contributed by atoms with Crippen molar-refractivity contribution < 1.29 is 4.79 Å². The number of anilines is 1. The van der Waals surface area contributed by atoms with Gasteiger partial charge in [0.05, 0.1) is 12.0 Å². The van der Waals surface area contributed by atoms with Crippen LogP contribution in [0.2, 0.25) is 5.02 Å². The van der Waals surface area contributed by atoms with Gasteiger partial charge in [0.15, 0.2) is 0 Å². The van der Waals surface area contributed by atoms with Gasteiger partial charge in [0.25, 0.3) is 0 Å². The second kappa shape index (κ2) is 6.72. The van der Waals surface area contributed by atoms with E-state index in [0.29, 0.717) is 5.92 Å². The normalized spacial score (nSPS) is 25.4. The molecule has 2 N–H and O–H groups in total. The molecule has 4 atom stereocenters. The first-order chi connectivity index (χ1) is 12.1. The van der Waals surface area contributed by atoms with Crippen molar-refractivity contribution in [2.45, 2.75) is 44.2 Å². The molecule has 4 heteroatoms. The zero-order valence-electron chi connectivity index (χ0n) is 14.3. The predicted octanol–water partition coefficient (Wildman–Crippen LogP) is 4.90. The molecular formula is C21H23ClN2O. The number of nitrogens with one attached hydrogen (secondary N) is 2. The van der Waals surface area contributed by atoms with E-state index < -0.39 is 0 Å². The number of amides is 1. The molecule has 0 aromatic heterocycles. The third-order valence-electron chi connectivity index (χ3n) is 5.63. The van der Waals surface area contributed by atoms with Crippen molar-refractivity contribution in [3.63, 3.8) is 0 Å². The summed E-state index contributed by atoms with van der Waals surface area (Å²) in [5.41, 5.74) is 3.54. The summed E-state index contributed by atoms with van der Waals surface area (Å²) in [7, 11) is 0. The van der Waals surface area contributed by atoms with Crippen LogP contribution in [-0.2, 0) is 4.79 Å². The number of rotatable bonds is 3. The number of carbonyl (C=O) groups excluding carboxylic acids is 1. The molecule has 4 rings (SSSR count). The molecule has 1 aliphatic carbocycles. The van der Waals surface area contributed by atoms with Gasteiger partial charge in [-0.3, -0.25) is 4.79 Å². The van der Waals surface area contributed by atoms with Gasteiger partial charge in [-0.05, 0) is 49.1 Å². The summed E-state index contributed by atoms with van der Waals surface area (Å²) in [6.45, 7) is 2.05. The summed E-state index contributed by atoms with van der Waals surface area (Å²) in [6.07, 6.45) is 3.12. The van der Waals surface area contributed by atoms with E-state index in [-0.39, 0.29) is 23.9 Å². The highest BCUT2D eigenvalue weighted by Gasteiger charge is 2.43. The van der Waals surface area contributed by atoms with Gasteiger partial charge in [-0.2, -0.15) is 0 Å². The molecule has 0 bridgehead atoms. The zero-order valence-corrected chi connectivity index (χ0v) is 15.1. The minimum atomic E-state index is -0.00362. The average molecular weight is 355 g/mol. The molecule has 0 radical (unpaired) electrons. The lowest BCUT2D eigenvalue weighted by Gasteiger charge is -2.34. The van der Waals surface area contributed by atoms with E-state index in [1.54, 1.807) is 0 Å². The third-order valence-corrected chi connectivity index (χ3v) is 5.86. The van der Waals surface area contributed by atoms with E-state index in [1.807, 2.05) is 37.3 Å². The molecule has 130 valence electrons. The van der Waals surface area contributed by atoms with Crippen molar-refractivity contribution in [2.24, 2.45) is 5.92 Å². The fourth-order valence-electron chi connectivity index (χ4n) is 4.34. The van der Waals surface area contributed by atoms with Gasteiger partial charge in [0.1, 0.15) is 0 Å². The smallest absolute Gasteiger partial charge is 0.225 e. The second-order valence-corrected chi connectivity index (χ2v) is 7.62. The Morgan fingerprint density at radius 2 is 2.00 bits per heavy atom. The number of hydrogen-bond acceptors (Lipinski definition) is 2. The topological polar surface area (TPSA) is 41.1 Å². The maximum absolute atomic E-state index is 13.0. The highest BCUT2D eigenvalue weighted by Crippen LogP contribution is 2.46. The number of carbonyl (C=O) groups is 1. The largest absolute Gasteiger partial charge is 0.381 e. The van der Waals surface area contributed by atoms with Crippen LogP contribution in [0.4, 0.5) is 5.69 Å². The van der Waals surface area contributed by atoms with Crippen molar-refractivity contribution in [3.05, 3.63) is 64.7 Å². The van der Waals surface area contributed by atoms with Gasteiger partial charge in [-0.15, -0.1) is 0 Å². The Balaban J connectivity index is 1.50. The first-order valence-corrected chi connectivity index (χ1v) is 9.42. The SMILES string of the molecule is C[C@H](NC(=O)C1CCCC2c3cc(Cl)ccc3NC12)c1ccccc1. The standard InChI is InChI=1S/C21H23ClN2O/c1-13(14-6-3-2-4-7-14)23-21(25)17-9-5-8-16-18-12-15(22)10-11-19(18)24-20(16)17/h2-4,6-7,10-13,16-17,20,24H,5,8-9H2,1H3,(H,23,25)/t13-,16?,17?,20?/m0/s1. The molecule has 1 heterocycles. The van der Waals surface area contributed by atoms with Gasteiger partial charge in [-0.25, -0.2) is 0 Å². The zero-order chi connectivity index (χ0) is 17.4. The highest BCUT2D eigenvalue weighted by molar-refractivity contribution is 6.30. The van der Waals surface area contributed by atoms with Crippen LogP contribution < -0.4 is 10.6 Å². The molecule has 0 saturated heterocycles. The molecule has 25 heavy (non-hydrogen) atoms. The summed E-state index contributed by atoms with van der Waals surface area (Å²) in [4.78, 5) is 13.0. The Kier molecular flexibility index (Phi) is 4.43. The van der Waals surface area contributed by atoms with E-state index in [9.17, 15) is 4.79 Å². The van der Waals surface area contributed by atoms with Crippen molar-refractivity contribution in [2.75, 3.05) is 5.32 Å². The lowest BCUT2D eigenvalue weighted by Crippen LogP contribution is -2.44. The minimum Gasteiger partial charge on any atom is -0.381 e. The van der Waals surface area contributed by atoms with Crippen LogP contribution in [0.3, 0.4) is 0 Å². The van der Waals surface area contributed by atoms with Crippen molar-refractivity contribution >= 4 is 23.2 Å². The van der Waals surface area contributed by atoms with Gasteiger partial charge in [0.2, 0.25) is 5.91 Å². The van der Waals surface area contributed by atoms with Gasteiger partial charge >= 0.3 is 0 Å². The third kappa shape index (κ3) is 3.13. The molecule has 2 aliphatic rings. The molecule has 3 nitrogen and oxygen atoms in total. The molecule has 3 unspecified atom stereocenters. The van der Waals surface area contributed by atoms with Crippen LogP contribution in [0.25, 0.3) is 0 Å². The summed E-state index contributed by atoms with van der Waals surface area (Å²) < 4.78 is 0. The van der Waals surface area contributed by atoms with Crippen LogP contribution in [0.5, 0.6) is 0 Å². The molecule has 2 aromatic rings. The first kappa shape index (κ1) is 16.5. The Morgan fingerprint density at radius 3 is 2.80 bits per heavy atom. The fraction of sp³-hybridized carbons (Fsp3) is 0.381. The van der Waals surface area contributed by atoms with Crippen molar-refractivity contribution in [3.8, 4) is 0 Å². The van der Waals surface area contributed by atoms with E-state index in [2.05, 4.69) is 28.8 Å². The van der Waals surface area contributed by atoms with Crippen molar-refractivity contribution in [1.29, 1.82) is 0 Å². The summed E-state index contributed by atoms with van der Waals surface area (Å²) >= 11 is 6.18. The van der Waals surface area contributed by atoms with Crippen LogP contribution in [-0.4, -0.2) is 11.9 Å². The highest BCUT2D eigenvalue weighted by atomic mass is 35.5. The predicted molar refractivity (Wildman–Crippen MR) is 102 cm³/mol. The lowest BCUT2D eigenvalue weighted by molar-refractivity contribution is -0.127. The number of fused-ring (bicyclic) bond motifs is 3. The van der Waals surface area contributed by atoms with E-state index >= 15 is 0 Å². The van der Waals surface area contributed by atoms with Gasteiger partial charge < -0.3 is 10.6 Å². The molecule has 1 aliphatic heterocycles. The molecule has 0 spiro atoms. The van der Waals surface area contributed by atoms with E-state index in [4.69, 9.17) is 11.6 Å². The minimum absolute atomic E-state index is 0.00362. The van der Waals surface area contributed by atoms with Gasteiger partial charge in [0, 0.05) is 22.7 Å². The van der Waals surface area contributed by atoms with Crippen LogP contribution in [0.15, 0.2) is 48.5 Å². The fourth-order valence-corrected chi connectivity index (χ4v) is 4.52. The second-order valence-electron chi connectivity index (χ2n) is 7.19. The van der Waals surface area contributed by atoms with Crippen LogP contribution in [0, 0.1) is 5.92 Å². The van der Waals surface area contributed by atoms with Crippen LogP contribution >= 0.6 is 11.6 Å². The Bertz CT molecular complexity index is 777. The van der Waals surface area contributed by atoms with Gasteiger partial charge in [-0.1, -0.05) is 48.4 Å². The number of halogens is 1. The number of hydrogen-bond donors (Lipinski definition) is 2. The molecule has 1 amide bonds. The lowest BCUT2D eigenvalue weighted by atomic mass is 9.75. The molecule has 1 saturated carbocycles. The molecule has 1 fully saturated rings. The van der Waals surface area contributed by atoms with E-state index in [0.717, 1.165) is 35.5 Å². The molecule has 2 aromatic carbocycles. The Labute approximate surface area is 153 Å². The Hall–Kier alpha value is -2.00. The Morgan fingerprint density at radius 1 is 1.20 bits per heavy atom. The summed E-state index contributed by atoms with van der Waals surface area (Å²) in [6, 6.07) is 16.3. The monoisotopic (exact) mass is 354 g/mol. The average Bonchev–Trinajstić information content (AvgIpc) is 3.00. The van der Waals surface area contributed by atoms with Crippen LogP contribution in [0.1, 0.15) is 49.3 Å². The maximum atomic E-state index is 13.0.